The standard InChI is InChI=1S/C11H9BrN2O2/c1-7-6-8(12)2-3-9(7)16-11-10(15)13-4-5-14-11/h2-6H,1H3,(H,13,15). The highest BCUT2D eigenvalue weighted by Gasteiger charge is 2.05. The molecule has 2 rings (SSSR count). The number of benzene rings is 1. The van der Waals surface area contributed by atoms with Crippen molar-refractivity contribution in [2.75, 3.05) is 0 Å². The first-order valence-corrected chi connectivity index (χ1v) is 5.44. The van der Waals surface area contributed by atoms with Crippen molar-refractivity contribution in [2.24, 2.45) is 0 Å². The number of aromatic nitrogens is 2. The molecule has 1 heterocycles. The van der Waals surface area contributed by atoms with E-state index < -0.39 is 0 Å². The highest BCUT2D eigenvalue weighted by atomic mass is 79.9. The molecule has 0 bridgehead atoms. The Kier molecular flexibility index (Phi) is 3.05. The van der Waals surface area contributed by atoms with Gasteiger partial charge in [-0.2, -0.15) is 0 Å². The van der Waals surface area contributed by atoms with E-state index in [-0.39, 0.29) is 11.4 Å². The molecule has 82 valence electrons. The molecule has 1 aromatic carbocycles. The number of aromatic amines is 1. The minimum absolute atomic E-state index is 0.0490. The van der Waals surface area contributed by atoms with E-state index in [0.717, 1.165) is 10.0 Å². The summed E-state index contributed by atoms with van der Waals surface area (Å²) >= 11 is 3.36. The SMILES string of the molecule is Cc1cc(Br)ccc1Oc1ncc[nH]c1=O. The molecular formula is C11H9BrN2O2. The van der Waals surface area contributed by atoms with Crippen LogP contribution >= 0.6 is 15.9 Å². The Bertz CT molecular complexity index is 566. The van der Waals surface area contributed by atoms with Gasteiger partial charge in [0.05, 0.1) is 0 Å². The topological polar surface area (TPSA) is 55.0 Å². The minimum atomic E-state index is -0.343. The van der Waals surface area contributed by atoms with E-state index in [9.17, 15) is 4.79 Å². The first-order chi connectivity index (χ1) is 7.66. The van der Waals surface area contributed by atoms with Crippen molar-refractivity contribution in [2.45, 2.75) is 6.92 Å². The third-order valence-electron chi connectivity index (χ3n) is 2.02. The second kappa shape index (κ2) is 4.49. The van der Waals surface area contributed by atoms with Crippen molar-refractivity contribution in [1.29, 1.82) is 0 Å². The number of hydrogen-bond acceptors (Lipinski definition) is 3. The molecule has 4 nitrogen and oxygen atoms in total. The third-order valence-corrected chi connectivity index (χ3v) is 2.51. The van der Waals surface area contributed by atoms with Gasteiger partial charge in [0.25, 0.3) is 5.88 Å². The minimum Gasteiger partial charge on any atom is -0.434 e. The van der Waals surface area contributed by atoms with Crippen LogP contribution in [0, 0.1) is 6.92 Å². The Morgan fingerprint density at radius 1 is 1.44 bits per heavy atom. The Morgan fingerprint density at radius 2 is 2.25 bits per heavy atom. The smallest absolute Gasteiger partial charge is 0.311 e. The number of nitrogens with one attached hydrogen (secondary N) is 1. The monoisotopic (exact) mass is 280 g/mol. The zero-order valence-corrected chi connectivity index (χ0v) is 10.1. The van der Waals surface area contributed by atoms with Crippen LogP contribution in [0.2, 0.25) is 0 Å². The third kappa shape index (κ3) is 2.30. The molecule has 0 aliphatic carbocycles. The molecule has 2 aromatic rings. The maximum atomic E-state index is 11.3. The summed E-state index contributed by atoms with van der Waals surface area (Å²) in [7, 11) is 0. The predicted octanol–water partition coefficient (Wildman–Crippen LogP) is 2.63. The van der Waals surface area contributed by atoms with Crippen molar-refractivity contribution in [1.82, 2.24) is 9.97 Å². The molecule has 0 aliphatic rings. The van der Waals surface area contributed by atoms with Gasteiger partial charge in [-0.3, -0.25) is 4.79 Å². The Hall–Kier alpha value is -1.62. The van der Waals surface area contributed by atoms with Crippen LogP contribution in [0.5, 0.6) is 11.6 Å². The molecule has 0 amide bonds. The van der Waals surface area contributed by atoms with Gasteiger partial charge in [0, 0.05) is 16.9 Å². The maximum absolute atomic E-state index is 11.3. The number of rotatable bonds is 2. The van der Waals surface area contributed by atoms with Crippen molar-refractivity contribution in [3.63, 3.8) is 0 Å². The zero-order valence-electron chi connectivity index (χ0n) is 8.53. The van der Waals surface area contributed by atoms with Crippen molar-refractivity contribution in [3.05, 3.63) is 51.0 Å². The Morgan fingerprint density at radius 3 is 2.94 bits per heavy atom. The molecule has 0 aliphatic heterocycles. The van der Waals surface area contributed by atoms with Gasteiger partial charge < -0.3 is 9.72 Å². The summed E-state index contributed by atoms with van der Waals surface area (Å²) in [5, 5.41) is 0. The molecule has 0 saturated carbocycles. The Labute approximate surface area is 100 Å². The summed E-state index contributed by atoms with van der Waals surface area (Å²) < 4.78 is 6.38. The van der Waals surface area contributed by atoms with E-state index in [1.165, 1.54) is 12.4 Å². The summed E-state index contributed by atoms with van der Waals surface area (Å²) in [6.45, 7) is 1.90. The summed E-state index contributed by atoms with van der Waals surface area (Å²) in [6.07, 6.45) is 2.94. The lowest BCUT2D eigenvalue weighted by Crippen LogP contribution is -2.09. The van der Waals surface area contributed by atoms with Crippen LogP contribution in [0.1, 0.15) is 5.56 Å². The van der Waals surface area contributed by atoms with Gasteiger partial charge in [-0.05, 0) is 30.7 Å². The van der Waals surface area contributed by atoms with Gasteiger partial charge in [-0.15, -0.1) is 0 Å². The van der Waals surface area contributed by atoms with Crippen LogP contribution < -0.4 is 10.3 Å². The lowest BCUT2D eigenvalue weighted by atomic mass is 10.2. The number of hydrogen-bond donors (Lipinski definition) is 1. The average Bonchev–Trinajstić information content (AvgIpc) is 2.25. The van der Waals surface area contributed by atoms with Crippen molar-refractivity contribution >= 4 is 15.9 Å². The van der Waals surface area contributed by atoms with E-state index in [1.54, 1.807) is 6.07 Å². The molecule has 1 N–H and O–H groups in total. The van der Waals surface area contributed by atoms with Gasteiger partial charge in [0.2, 0.25) is 0 Å². The van der Waals surface area contributed by atoms with Crippen LogP contribution in [-0.2, 0) is 0 Å². The fraction of sp³-hybridized carbons (Fsp3) is 0.0909. The van der Waals surface area contributed by atoms with E-state index in [0.29, 0.717) is 5.75 Å². The predicted molar refractivity (Wildman–Crippen MR) is 63.8 cm³/mol. The number of nitrogens with zero attached hydrogens (tertiary/aromatic N) is 1. The van der Waals surface area contributed by atoms with E-state index in [2.05, 4.69) is 25.9 Å². The van der Waals surface area contributed by atoms with Crippen molar-refractivity contribution in [3.8, 4) is 11.6 Å². The van der Waals surface area contributed by atoms with Gasteiger partial charge in [-0.25, -0.2) is 4.98 Å². The second-order valence-electron chi connectivity index (χ2n) is 3.24. The number of ether oxygens (including phenoxy) is 1. The van der Waals surface area contributed by atoms with E-state index >= 15 is 0 Å². The van der Waals surface area contributed by atoms with Gasteiger partial charge in [-0.1, -0.05) is 15.9 Å². The molecule has 16 heavy (non-hydrogen) atoms. The quantitative estimate of drug-likeness (QED) is 0.920. The zero-order chi connectivity index (χ0) is 11.5. The van der Waals surface area contributed by atoms with E-state index in [1.807, 2.05) is 19.1 Å². The molecule has 0 unspecified atom stereocenters. The van der Waals surface area contributed by atoms with Crippen LogP contribution in [0.25, 0.3) is 0 Å². The fourth-order valence-electron chi connectivity index (χ4n) is 1.24. The van der Waals surface area contributed by atoms with Gasteiger partial charge in [0.1, 0.15) is 5.75 Å². The van der Waals surface area contributed by atoms with E-state index in [4.69, 9.17) is 4.74 Å². The summed E-state index contributed by atoms with van der Waals surface area (Å²) in [6, 6.07) is 5.54. The fourth-order valence-corrected chi connectivity index (χ4v) is 1.72. The summed E-state index contributed by atoms with van der Waals surface area (Å²) in [5.74, 6) is 0.667. The normalized spacial score (nSPS) is 10.1. The largest absolute Gasteiger partial charge is 0.434 e. The first kappa shape index (κ1) is 10.9. The molecule has 0 saturated heterocycles. The first-order valence-electron chi connectivity index (χ1n) is 4.64. The number of halogens is 1. The molecule has 1 aromatic heterocycles. The Balaban J connectivity index is 2.35. The van der Waals surface area contributed by atoms with Crippen LogP contribution in [0.15, 0.2) is 39.9 Å². The second-order valence-corrected chi connectivity index (χ2v) is 4.15. The highest BCUT2D eigenvalue weighted by Crippen LogP contribution is 2.24. The van der Waals surface area contributed by atoms with Crippen molar-refractivity contribution < 1.29 is 4.74 Å². The van der Waals surface area contributed by atoms with Gasteiger partial charge in [0.15, 0.2) is 0 Å². The molecular weight excluding hydrogens is 272 g/mol. The highest BCUT2D eigenvalue weighted by molar-refractivity contribution is 9.10. The average molecular weight is 281 g/mol. The summed E-state index contributed by atoms with van der Waals surface area (Å²) in [4.78, 5) is 17.7. The van der Waals surface area contributed by atoms with Gasteiger partial charge >= 0.3 is 5.56 Å². The van der Waals surface area contributed by atoms with Crippen LogP contribution in [0.3, 0.4) is 0 Å². The molecule has 0 atom stereocenters. The number of aryl methyl sites for hydroxylation is 1. The van der Waals surface area contributed by atoms with Crippen LogP contribution in [-0.4, -0.2) is 9.97 Å². The number of H-pyrrole nitrogens is 1. The lowest BCUT2D eigenvalue weighted by molar-refractivity contribution is 0.451. The molecule has 0 fully saturated rings. The van der Waals surface area contributed by atoms with Crippen LogP contribution in [0.4, 0.5) is 0 Å². The summed E-state index contributed by atoms with van der Waals surface area (Å²) in [5.41, 5.74) is 0.587. The molecule has 0 spiro atoms. The lowest BCUT2D eigenvalue weighted by Gasteiger charge is -2.06. The molecule has 0 radical (unpaired) electrons. The maximum Gasteiger partial charge on any atom is 0.311 e. The molecule has 5 heteroatoms.